The van der Waals surface area contributed by atoms with Gasteiger partial charge in [-0.1, -0.05) is 11.6 Å². The Kier molecular flexibility index (Phi) is 3.03. The quantitative estimate of drug-likeness (QED) is 0.781. The molecule has 0 unspecified atom stereocenters. The predicted molar refractivity (Wildman–Crippen MR) is 70.2 cm³/mol. The second-order valence-corrected chi connectivity index (χ2v) is 4.36. The van der Waals surface area contributed by atoms with E-state index >= 15 is 0 Å². The minimum atomic E-state index is -0.634. The number of nitrogens with one attached hydrogen (secondary N) is 1. The number of nitrogens with zero attached hydrogens (tertiary/aromatic N) is 4. The lowest BCUT2D eigenvalue weighted by Gasteiger charge is -2.10. The molecule has 20 heavy (non-hydrogen) atoms. The number of aromatic nitrogens is 5. The van der Waals surface area contributed by atoms with E-state index in [0.717, 1.165) is 0 Å². The molecule has 0 fully saturated rings. The first-order valence-corrected chi connectivity index (χ1v) is 5.95. The third-order valence-electron chi connectivity index (χ3n) is 2.73. The Balaban J connectivity index is 2.33. The first-order chi connectivity index (χ1) is 9.66. The second kappa shape index (κ2) is 4.86. The molecule has 0 bridgehead atoms. The Hall–Kier alpha value is -2.54. The molecule has 0 aliphatic rings. The lowest BCUT2D eigenvalue weighted by Crippen LogP contribution is -2.05. The van der Waals surface area contributed by atoms with E-state index in [1.54, 1.807) is 12.1 Å². The van der Waals surface area contributed by atoms with Crippen molar-refractivity contribution >= 4 is 11.6 Å². The topological polar surface area (TPSA) is 76.5 Å². The molecule has 0 amide bonds. The number of H-pyrrole nitrogens is 1. The van der Waals surface area contributed by atoms with Gasteiger partial charge in [-0.05, 0) is 34.2 Å². The van der Waals surface area contributed by atoms with Crippen LogP contribution in [-0.2, 0) is 0 Å². The third-order valence-corrected chi connectivity index (χ3v) is 3.02. The molecule has 100 valence electrons. The zero-order valence-corrected chi connectivity index (χ0v) is 10.7. The number of hydrogen-bond acceptors (Lipinski definition) is 4. The van der Waals surface area contributed by atoms with Gasteiger partial charge < -0.3 is 4.98 Å². The van der Waals surface area contributed by atoms with Crippen molar-refractivity contribution < 1.29 is 4.39 Å². The average Bonchev–Trinajstić information content (AvgIpc) is 2.95. The van der Waals surface area contributed by atoms with Gasteiger partial charge in [-0.2, -0.15) is 4.68 Å². The van der Waals surface area contributed by atoms with E-state index in [-0.39, 0.29) is 16.1 Å². The lowest BCUT2D eigenvalue weighted by molar-refractivity contribution is 0.629. The molecule has 2 aromatic heterocycles. The van der Waals surface area contributed by atoms with Crippen molar-refractivity contribution in [2.45, 2.75) is 0 Å². The van der Waals surface area contributed by atoms with Gasteiger partial charge in [-0.25, -0.2) is 4.39 Å². The van der Waals surface area contributed by atoms with Crippen molar-refractivity contribution in [1.29, 1.82) is 0 Å². The molecule has 0 spiro atoms. The SMILES string of the molecule is O=c1cc(-c2c(-n3cnnn3)ccc(Cl)c2F)cc[nH]1. The molecule has 0 aliphatic heterocycles. The Bertz CT molecular complexity index is 815. The van der Waals surface area contributed by atoms with E-state index in [1.165, 1.54) is 29.3 Å². The zero-order chi connectivity index (χ0) is 14.1. The summed E-state index contributed by atoms with van der Waals surface area (Å²) in [6, 6.07) is 5.84. The van der Waals surface area contributed by atoms with Crippen LogP contribution in [0.4, 0.5) is 4.39 Å². The summed E-state index contributed by atoms with van der Waals surface area (Å²) in [6.45, 7) is 0. The molecule has 2 heterocycles. The first-order valence-electron chi connectivity index (χ1n) is 5.57. The summed E-state index contributed by atoms with van der Waals surface area (Å²) in [7, 11) is 0. The van der Waals surface area contributed by atoms with Gasteiger partial charge in [-0.15, -0.1) is 5.10 Å². The highest BCUT2D eigenvalue weighted by Gasteiger charge is 2.16. The van der Waals surface area contributed by atoms with Gasteiger partial charge in [0, 0.05) is 17.8 Å². The predicted octanol–water partition coefficient (Wildman–Crippen LogP) is 1.81. The molecule has 3 rings (SSSR count). The van der Waals surface area contributed by atoms with E-state index in [2.05, 4.69) is 20.5 Å². The Labute approximate surface area is 116 Å². The highest BCUT2D eigenvalue weighted by Crippen LogP contribution is 2.32. The largest absolute Gasteiger partial charge is 0.329 e. The monoisotopic (exact) mass is 291 g/mol. The van der Waals surface area contributed by atoms with Crippen LogP contribution in [0.15, 0.2) is 41.6 Å². The minimum Gasteiger partial charge on any atom is -0.329 e. The standard InChI is InChI=1S/C12H7ClFN5O/c13-8-1-2-9(19-6-16-17-18-19)11(12(8)14)7-3-4-15-10(20)5-7/h1-6H,(H,15,20). The summed E-state index contributed by atoms with van der Waals surface area (Å²) in [5.41, 5.74) is 0.599. The lowest BCUT2D eigenvalue weighted by atomic mass is 10.0. The fraction of sp³-hybridized carbons (Fsp3) is 0. The molecular formula is C12H7ClFN5O. The summed E-state index contributed by atoms with van der Waals surface area (Å²) in [4.78, 5) is 13.9. The number of halogens is 2. The van der Waals surface area contributed by atoms with Crippen molar-refractivity contribution in [3.63, 3.8) is 0 Å². The maximum absolute atomic E-state index is 14.3. The van der Waals surface area contributed by atoms with Crippen molar-refractivity contribution in [2.24, 2.45) is 0 Å². The van der Waals surface area contributed by atoms with Gasteiger partial charge in [0.25, 0.3) is 0 Å². The molecule has 6 nitrogen and oxygen atoms in total. The van der Waals surface area contributed by atoms with E-state index in [4.69, 9.17) is 11.6 Å². The number of tetrazole rings is 1. The highest BCUT2D eigenvalue weighted by atomic mass is 35.5. The van der Waals surface area contributed by atoms with Gasteiger partial charge in [0.2, 0.25) is 5.56 Å². The van der Waals surface area contributed by atoms with E-state index < -0.39 is 5.82 Å². The Morgan fingerprint density at radius 1 is 1.30 bits per heavy atom. The number of aromatic amines is 1. The summed E-state index contributed by atoms with van der Waals surface area (Å²) in [5, 5.41) is 10.7. The van der Waals surface area contributed by atoms with E-state index in [0.29, 0.717) is 11.3 Å². The van der Waals surface area contributed by atoms with Crippen LogP contribution in [0.2, 0.25) is 5.02 Å². The van der Waals surface area contributed by atoms with Crippen LogP contribution >= 0.6 is 11.6 Å². The van der Waals surface area contributed by atoms with Gasteiger partial charge in [0.05, 0.1) is 10.7 Å². The zero-order valence-electron chi connectivity index (χ0n) is 9.92. The van der Waals surface area contributed by atoms with Gasteiger partial charge in [0.15, 0.2) is 5.82 Å². The van der Waals surface area contributed by atoms with Crippen molar-refractivity contribution in [3.05, 3.63) is 58.0 Å². The maximum atomic E-state index is 14.3. The number of rotatable bonds is 2. The molecule has 3 aromatic rings. The van der Waals surface area contributed by atoms with E-state index in [1.807, 2.05) is 0 Å². The fourth-order valence-electron chi connectivity index (χ4n) is 1.88. The average molecular weight is 292 g/mol. The van der Waals surface area contributed by atoms with Crippen LogP contribution in [0.25, 0.3) is 16.8 Å². The van der Waals surface area contributed by atoms with Crippen LogP contribution in [0.1, 0.15) is 0 Å². The number of pyridine rings is 1. The third kappa shape index (κ3) is 2.08. The smallest absolute Gasteiger partial charge is 0.248 e. The number of benzene rings is 1. The molecule has 0 saturated carbocycles. The number of hydrogen-bond donors (Lipinski definition) is 1. The van der Waals surface area contributed by atoms with Crippen LogP contribution in [0.5, 0.6) is 0 Å². The van der Waals surface area contributed by atoms with E-state index in [9.17, 15) is 9.18 Å². The Morgan fingerprint density at radius 3 is 2.85 bits per heavy atom. The summed E-state index contributed by atoms with van der Waals surface area (Å²) >= 11 is 5.82. The van der Waals surface area contributed by atoms with Crippen LogP contribution in [0, 0.1) is 5.82 Å². The van der Waals surface area contributed by atoms with Gasteiger partial charge in [0.1, 0.15) is 6.33 Å². The first kappa shape index (κ1) is 12.5. The van der Waals surface area contributed by atoms with Crippen molar-refractivity contribution in [2.75, 3.05) is 0 Å². The molecule has 0 radical (unpaired) electrons. The molecule has 8 heteroatoms. The highest BCUT2D eigenvalue weighted by molar-refractivity contribution is 6.31. The molecule has 1 aromatic carbocycles. The van der Waals surface area contributed by atoms with Crippen LogP contribution < -0.4 is 5.56 Å². The summed E-state index contributed by atoms with van der Waals surface area (Å²) in [6.07, 6.45) is 2.76. The minimum absolute atomic E-state index is 0.0443. The summed E-state index contributed by atoms with van der Waals surface area (Å²) in [5.74, 6) is -0.634. The van der Waals surface area contributed by atoms with Crippen LogP contribution in [0.3, 0.4) is 0 Å². The van der Waals surface area contributed by atoms with Crippen molar-refractivity contribution in [3.8, 4) is 16.8 Å². The Morgan fingerprint density at radius 2 is 2.15 bits per heavy atom. The fourth-order valence-corrected chi connectivity index (χ4v) is 2.04. The second-order valence-electron chi connectivity index (χ2n) is 3.95. The molecule has 1 N–H and O–H groups in total. The van der Waals surface area contributed by atoms with Crippen LogP contribution in [-0.4, -0.2) is 25.2 Å². The maximum Gasteiger partial charge on any atom is 0.248 e. The summed E-state index contributed by atoms with van der Waals surface area (Å²) < 4.78 is 15.6. The molecular weight excluding hydrogens is 285 g/mol. The van der Waals surface area contributed by atoms with Gasteiger partial charge in [-0.3, -0.25) is 4.79 Å². The normalized spacial score (nSPS) is 10.7. The molecule has 0 saturated heterocycles. The van der Waals surface area contributed by atoms with Gasteiger partial charge >= 0.3 is 0 Å². The molecule has 0 aliphatic carbocycles. The molecule has 0 atom stereocenters. The van der Waals surface area contributed by atoms with Crippen molar-refractivity contribution in [1.82, 2.24) is 25.2 Å².